The fourth-order valence-corrected chi connectivity index (χ4v) is 7.76. The maximum atomic E-state index is 5.65. The standard InChI is InChI=1S/C10H24O4Si2/c1-3-13-16(14-4-2)15-7-5-6-11-8-10-9-12-10/h10,16H,3-9,15H2,1-2H3. The van der Waals surface area contributed by atoms with Crippen molar-refractivity contribution in [3.63, 3.8) is 0 Å². The van der Waals surface area contributed by atoms with Crippen LogP contribution in [0.5, 0.6) is 0 Å². The quantitative estimate of drug-likeness (QED) is 0.303. The van der Waals surface area contributed by atoms with Crippen LogP contribution in [0.25, 0.3) is 0 Å². The van der Waals surface area contributed by atoms with E-state index < -0.39 is 8.80 Å². The molecule has 6 heteroatoms. The summed E-state index contributed by atoms with van der Waals surface area (Å²) in [6, 6.07) is 1.28. The summed E-state index contributed by atoms with van der Waals surface area (Å²) in [5, 5.41) is 0. The second-order valence-electron chi connectivity index (χ2n) is 3.87. The van der Waals surface area contributed by atoms with Crippen LogP contribution in [0.15, 0.2) is 0 Å². The monoisotopic (exact) mass is 264 g/mol. The molecule has 1 heterocycles. The molecule has 1 atom stereocenters. The topological polar surface area (TPSA) is 40.2 Å². The molecule has 0 spiro atoms. The van der Waals surface area contributed by atoms with Crippen LogP contribution >= 0.6 is 0 Å². The van der Waals surface area contributed by atoms with Gasteiger partial charge < -0.3 is 18.3 Å². The molecule has 4 nitrogen and oxygen atoms in total. The first-order chi connectivity index (χ1) is 7.86. The third kappa shape index (κ3) is 7.53. The predicted octanol–water partition coefficient (Wildman–Crippen LogP) is 0.169. The van der Waals surface area contributed by atoms with Crippen LogP contribution < -0.4 is 0 Å². The van der Waals surface area contributed by atoms with Gasteiger partial charge in [0.2, 0.25) is 0 Å². The van der Waals surface area contributed by atoms with Gasteiger partial charge in [-0.2, -0.15) is 0 Å². The van der Waals surface area contributed by atoms with Crippen LogP contribution in [0.2, 0.25) is 6.04 Å². The van der Waals surface area contributed by atoms with Gasteiger partial charge >= 0.3 is 0 Å². The van der Waals surface area contributed by atoms with Crippen LogP contribution in [0.4, 0.5) is 0 Å². The van der Waals surface area contributed by atoms with E-state index in [0.29, 0.717) is 6.10 Å². The summed E-state index contributed by atoms with van der Waals surface area (Å²) in [5.41, 5.74) is 0. The largest absolute Gasteiger partial charge is 0.400 e. The summed E-state index contributed by atoms with van der Waals surface area (Å²) in [5.74, 6) is 0. The fourth-order valence-electron chi connectivity index (χ4n) is 1.48. The number of hydrogen-bond donors (Lipinski definition) is 0. The van der Waals surface area contributed by atoms with Crippen molar-refractivity contribution in [2.45, 2.75) is 32.4 Å². The highest BCUT2D eigenvalue weighted by atomic mass is 29.2. The maximum absolute atomic E-state index is 5.65. The second-order valence-corrected chi connectivity index (χ2v) is 10.4. The van der Waals surface area contributed by atoms with E-state index in [2.05, 4.69) is 0 Å². The average molecular weight is 264 g/mol. The molecule has 1 unspecified atom stereocenters. The maximum Gasteiger partial charge on any atom is 0.292 e. The highest BCUT2D eigenvalue weighted by molar-refractivity contribution is 7.05. The summed E-state index contributed by atoms with van der Waals surface area (Å²) in [4.78, 5) is 0. The number of hydrogen-bond acceptors (Lipinski definition) is 4. The van der Waals surface area contributed by atoms with Gasteiger partial charge in [-0.25, -0.2) is 0 Å². The van der Waals surface area contributed by atoms with Crippen molar-refractivity contribution in [2.75, 3.05) is 33.0 Å². The van der Waals surface area contributed by atoms with Crippen molar-refractivity contribution in [1.29, 1.82) is 0 Å². The van der Waals surface area contributed by atoms with E-state index >= 15 is 0 Å². The molecule has 0 bridgehead atoms. The van der Waals surface area contributed by atoms with E-state index in [-0.39, 0.29) is 9.04 Å². The molecule has 96 valence electrons. The van der Waals surface area contributed by atoms with Gasteiger partial charge in [-0.05, 0) is 20.3 Å². The average Bonchev–Trinajstić information content (AvgIpc) is 3.07. The number of epoxide rings is 1. The first kappa shape index (κ1) is 14.3. The Labute approximate surface area is 102 Å². The van der Waals surface area contributed by atoms with Gasteiger partial charge in [0, 0.05) is 19.8 Å². The lowest BCUT2D eigenvalue weighted by molar-refractivity contribution is 0.117. The molecule has 0 aromatic rings. The normalized spacial score (nSPS) is 20.1. The van der Waals surface area contributed by atoms with Gasteiger partial charge in [-0.1, -0.05) is 6.04 Å². The summed E-state index contributed by atoms with van der Waals surface area (Å²) >= 11 is 0. The van der Waals surface area contributed by atoms with Gasteiger partial charge in [0.05, 0.1) is 22.3 Å². The van der Waals surface area contributed by atoms with E-state index in [1.165, 1.54) is 6.04 Å². The first-order valence-electron chi connectivity index (χ1n) is 6.29. The molecule has 0 radical (unpaired) electrons. The zero-order valence-electron chi connectivity index (χ0n) is 10.4. The molecule has 0 aromatic carbocycles. The SMILES string of the molecule is CCO[SiH](OCC)[SiH2]CCCOCC1CO1. The van der Waals surface area contributed by atoms with Crippen molar-refractivity contribution in [3.05, 3.63) is 0 Å². The summed E-state index contributed by atoms with van der Waals surface area (Å²) < 4.78 is 21.9. The molecule has 0 amide bonds. The molecule has 1 fully saturated rings. The third-order valence-electron chi connectivity index (χ3n) is 2.39. The van der Waals surface area contributed by atoms with E-state index in [9.17, 15) is 0 Å². The summed E-state index contributed by atoms with van der Waals surface area (Å²) in [6.07, 6.45) is 1.55. The molecule has 0 saturated carbocycles. The zero-order chi connectivity index (χ0) is 11.6. The molecule has 0 N–H and O–H groups in total. The highest BCUT2D eigenvalue weighted by Crippen LogP contribution is 2.08. The molecule has 0 aromatic heterocycles. The molecule has 0 aliphatic carbocycles. The summed E-state index contributed by atoms with van der Waals surface area (Å²) in [6.45, 7) is 8.24. The van der Waals surface area contributed by atoms with Gasteiger partial charge in [-0.3, -0.25) is 0 Å². The smallest absolute Gasteiger partial charge is 0.292 e. The molecule has 1 rings (SSSR count). The minimum Gasteiger partial charge on any atom is -0.400 e. The van der Waals surface area contributed by atoms with Crippen molar-refractivity contribution >= 4 is 17.8 Å². The van der Waals surface area contributed by atoms with Crippen molar-refractivity contribution in [3.8, 4) is 0 Å². The first-order valence-corrected chi connectivity index (χ1v) is 11.5. The third-order valence-corrected chi connectivity index (χ3v) is 9.23. The van der Waals surface area contributed by atoms with Crippen LogP contribution in [-0.2, 0) is 18.3 Å². The van der Waals surface area contributed by atoms with Crippen molar-refractivity contribution in [2.24, 2.45) is 0 Å². The zero-order valence-corrected chi connectivity index (χ0v) is 13.0. The Morgan fingerprint density at radius 3 is 2.56 bits per heavy atom. The lowest BCUT2D eigenvalue weighted by Crippen LogP contribution is -2.30. The van der Waals surface area contributed by atoms with Crippen LogP contribution in [-0.4, -0.2) is 57.0 Å². The minimum atomic E-state index is -1.23. The molecule has 1 saturated heterocycles. The van der Waals surface area contributed by atoms with E-state index in [4.69, 9.17) is 18.3 Å². The van der Waals surface area contributed by atoms with E-state index in [1.807, 2.05) is 13.8 Å². The predicted molar refractivity (Wildman–Crippen MR) is 68.9 cm³/mol. The Kier molecular flexibility index (Phi) is 8.35. The van der Waals surface area contributed by atoms with Crippen LogP contribution in [0, 0.1) is 0 Å². The number of rotatable bonds is 11. The van der Waals surface area contributed by atoms with Gasteiger partial charge in [0.1, 0.15) is 6.10 Å². The Balaban J connectivity index is 1.85. The van der Waals surface area contributed by atoms with Crippen LogP contribution in [0.3, 0.4) is 0 Å². The van der Waals surface area contributed by atoms with Crippen molar-refractivity contribution in [1.82, 2.24) is 0 Å². The molecular weight excluding hydrogens is 240 g/mol. The molecule has 1 aliphatic rings. The van der Waals surface area contributed by atoms with Gasteiger partial charge in [-0.15, -0.1) is 0 Å². The second kappa shape index (κ2) is 9.32. The summed E-state index contributed by atoms with van der Waals surface area (Å²) in [7, 11) is -1.38. The van der Waals surface area contributed by atoms with Crippen molar-refractivity contribution < 1.29 is 18.3 Å². The lowest BCUT2D eigenvalue weighted by Gasteiger charge is -2.14. The fraction of sp³-hybridized carbons (Fsp3) is 1.00. The molecular formula is C10H24O4Si2. The van der Waals surface area contributed by atoms with Gasteiger partial charge in [0.15, 0.2) is 0 Å². The molecule has 1 aliphatic heterocycles. The lowest BCUT2D eigenvalue weighted by atomic mass is 10.5. The minimum absolute atomic E-state index is 0.145. The van der Waals surface area contributed by atoms with E-state index in [1.54, 1.807) is 0 Å². The highest BCUT2D eigenvalue weighted by Gasteiger charge is 2.22. The van der Waals surface area contributed by atoms with Gasteiger partial charge in [0.25, 0.3) is 8.80 Å². The Bertz CT molecular complexity index is 161. The Hall–Kier alpha value is 0.274. The van der Waals surface area contributed by atoms with E-state index in [0.717, 1.165) is 39.5 Å². The number of ether oxygens (including phenoxy) is 2. The Morgan fingerprint density at radius 1 is 1.31 bits per heavy atom. The van der Waals surface area contributed by atoms with Crippen LogP contribution in [0.1, 0.15) is 20.3 Å². The Morgan fingerprint density at radius 2 is 2.00 bits per heavy atom. The molecule has 16 heavy (non-hydrogen) atoms.